The Bertz CT molecular complexity index is 983. The lowest BCUT2D eigenvalue weighted by molar-refractivity contribution is 1.35. The minimum absolute atomic E-state index is 0.520. The normalized spacial score (nSPS) is 11.2. The summed E-state index contributed by atoms with van der Waals surface area (Å²) in [4.78, 5) is 4.61. The van der Waals surface area contributed by atoms with Gasteiger partial charge in [-0.3, -0.25) is 0 Å². The number of benzene rings is 2. The molecule has 1 N–H and O–H groups in total. The van der Waals surface area contributed by atoms with Crippen molar-refractivity contribution < 1.29 is 0 Å². The molecule has 0 atom stereocenters. The smallest absolute Gasteiger partial charge is 0.136 e. The number of allylic oxidation sites excluding steroid dienone is 1. The Balaban J connectivity index is 1.85. The molecule has 1 aromatic heterocycles. The number of thiazole rings is 1. The van der Waals surface area contributed by atoms with E-state index in [0.717, 1.165) is 27.0 Å². The van der Waals surface area contributed by atoms with Crippen molar-refractivity contribution in [3.8, 4) is 17.3 Å². The minimum atomic E-state index is 0.520. The summed E-state index contributed by atoms with van der Waals surface area (Å²) in [7, 11) is 0. The molecular formula is C20H16BrN3S. The van der Waals surface area contributed by atoms with E-state index in [-0.39, 0.29) is 0 Å². The Labute approximate surface area is 159 Å². The third-order valence-electron chi connectivity index (χ3n) is 3.73. The van der Waals surface area contributed by atoms with Crippen molar-refractivity contribution in [3.05, 3.63) is 74.7 Å². The lowest BCUT2D eigenvalue weighted by Crippen LogP contribution is -1.94. The number of hydrogen-bond acceptors (Lipinski definition) is 4. The van der Waals surface area contributed by atoms with Crippen LogP contribution in [0.1, 0.15) is 16.1 Å². The number of rotatable bonds is 4. The van der Waals surface area contributed by atoms with Crippen molar-refractivity contribution in [2.24, 2.45) is 0 Å². The van der Waals surface area contributed by atoms with Crippen LogP contribution in [0, 0.1) is 25.2 Å². The van der Waals surface area contributed by atoms with Crippen molar-refractivity contribution in [2.75, 3.05) is 5.32 Å². The molecule has 0 saturated heterocycles. The molecule has 0 aliphatic heterocycles. The zero-order chi connectivity index (χ0) is 17.8. The molecule has 124 valence electrons. The first-order valence-corrected chi connectivity index (χ1v) is 9.40. The minimum Gasteiger partial charge on any atom is -0.360 e. The average Bonchev–Trinajstić information content (AvgIpc) is 3.07. The number of hydrogen-bond donors (Lipinski definition) is 1. The second-order valence-corrected chi connectivity index (χ2v) is 7.45. The van der Waals surface area contributed by atoms with Gasteiger partial charge in [0, 0.05) is 27.3 Å². The summed E-state index contributed by atoms with van der Waals surface area (Å²) in [6, 6.07) is 16.4. The average molecular weight is 410 g/mol. The van der Waals surface area contributed by atoms with E-state index in [1.54, 1.807) is 6.20 Å². The van der Waals surface area contributed by atoms with Crippen molar-refractivity contribution in [1.82, 2.24) is 4.98 Å². The van der Waals surface area contributed by atoms with Gasteiger partial charge in [-0.25, -0.2) is 4.98 Å². The fraction of sp³-hybridized carbons (Fsp3) is 0.100. The van der Waals surface area contributed by atoms with Gasteiger partial charge in [0.15, 0.2) is 0 Å². The molecule has 0 saturated carbocycles. The van der Waals surface area contributed by atoms with Gasteiger partial charge in [-0.1, -0.05) is 45.8 Å². The third kappa shape index (κ3) is 4.16. The highest BCUT2D eigenvalue weighted by Crippen LogP contribution is 2.28. The van der Waals surface area contributed by atoms with Gasteiger partial charge in [0.2, 0.25) is 0 Å². The molecule has 3 rings (SSSR count). The van der Waals surface area contributed by atoms with Gasteiger partial charge in [-0.15, -0.1) is 11.3 Å². The van der Waals surface area contributed by atoms with Crippen molar-refractivity contribution in [2.45, 2.75) is 13.8 Å². The van der Waals surface area contributed by atoms with Gasteiger partial charge in [-0.05, 0) is 37.6 Å². The molecule has 3 aromatic rings. The topological polar surface area (TPSA) is 48.7 Å². The zero-order valence-electron chi connectivity index (χ0n) is 13.9. The monoisotopic (exact) mass is 409 g/mol. The van der Waals surface area contributed by atoms with E-state index in [2.05, 4.69) is 45.3 Å². The van der Waals surface area contributed by atoms with Crippen LogP contribution in [0.15, 0.2) is 58.5 Å². The molecule has 0 unspecified atom stereocenters. The molecule has 0 amide bonds. The van der Waals surface area contributed by atoms with Gasteiger partial charge in [0.25, 0.3) is 0 Å². The molecular weight excluding hydrogens is 394 g/mol. The maximum Gasteiger partial charge on any atom is 0.136 e. The van der Waals surface area contributed by atoms with Crippen LogP contribution in [0.3, 0.4) is 0 Å². The van der Waals surface area contributed by atoms with E-state index in [1.165, 1.54) is 16.9 Å². The summed E-state index contributed by atoms with van der Waals surface area (Å²) in [6.45, 7) is 4.11. The lowest BCUT2D eigenvalue weighted by Gasteiger charge is -2.06. The highest BCUT2D eigenvalue weighted by atomic mass is 79.9. The number of nitrogens with one attached hydrogen (secondary N) is 1. The Kier molecular flexibility index (Phi) is 5.32. The fourth-order valence-electron chi connectivity index (χ4n) is 2.45. The molecule has 0 bridgehead atoms. The van der Waals surface area contributed by atoms with Gasteiger partial charge in [-0.2, -0.15) is 5.26 Å². The molecule has 2 aromatic carbocycles. The van der Waals surface area contributed by atoms with Gasteiger partial charge in [0.1, 0.15) is 16.6 Å². The SMILES string of the molecule is Cc1ccc(N/C=C(\C#N)c2nc(-c3cccc(Br)c3)cs2)c(C)c1. The Morgan fingerprint density at radius 2 is 2.08 bits per heavy atom. The molecule has 0 spiro atoms. The summed E-state index contributed by atoms with van der Waals surface area (Å²) < 4.78 is 1.01. The number of nitriles is 1. The number of aryl methyl sites for hydroxylation is 2. The van der Waals surface area contributed by atoms with Crippen molar-refractivity contribution in [1.29, 1.82) is 5.26 Å². The Morgan fingerprint density at radius 3 is 2.80 bits per heavy atom. The quantitative estimate of drug-likeness (QED) is 0.524. The van der Waals surface area contributed by atoms with Crippen molar-refractivity contribution >= 4 is 38.5 Å². The van der Waals surface area contributed by atoms with Crippen LogP contribution in [-0.4, -0.2) is 4.98 Å². The van der Waals surface area contributed by atoms with Crippen molar-refractivity contribution in [3.63, 3.8) is 0 Å². The largest absolute Gasteiger partial charge is 0.360 e. The molecule has 1 heterocycles. The first-order valence-electron chi connectivity index (χ1n) is 7.73. The van der Waals surface area contributed by atoms with Gasteiger partial charge in [0.05, 0.1) is 5.69 Å². The molecule has 5 heteroatoms. The molecule has 3 nitrogen and oxygen atoms in total. The molecule has 25 heavy (non-hydrogen) atoms. The van der Waals surface area contributed by atoms with E-state index < -0.39 is 0 Å². The van der Waals surface area contributed by atoms with Crippen LogP contribution < -0.4 is 5.32 Å². The highest BCUT2D eigenvalue weighted by molar-refractivity contribution is 9.10. The third-order valence-corrected chi connectivity index (χ3v) is 5.10. The maximum atomic E-state index is 9.50. The van der Waals surface area contributed by atoms with Crippen LogP contribution in [0.4, 0.5) is 5.69 Å². The lowest BCUT2D eigenvalue weighted by atomic mass is 10.1. The summed E-state index contributed by atoms with van der Waals surface area (Å²) in [6.07, 6.45) is 1.72. The first-order chi connectivity index (χ1) is 12.1. The predicted molar refractivity (Wildman–Crippen MR) is 108 cm³/mol. The molecule has 0 aliphatic carbocycles. The van der Waals surface area contributed by atoms with Crippen LogP contribution in [0.25, 0.3) is 16.8 Å². The van der Waals surface area contributed by atoms with Crippen LogP contribution >= 0.6 is 27.3 Å². The van der Waals surface area contributed by atoms with Gasteiger partial charge >= 0.3 is 0 Å². The summed E-state index contributed by atoms with van der Waals surface area (Å²) in [5.41, 5.74) is 5.76. The molecule has 0 aliphatic rings. The second-order valence-electron chi connectivity index (χ2n) is 5.68. The van der Waals surface area contributed by atoms with E-state index >= 15 is 0 Å². The number of nitrogens with zero attached hydrogens (tertiary/aromatic N) is 2. The summed E-state index contributed by atoms with van der Waals surface area (Å²) in [5.74, 6) is 0. The number of aromatic nitrogens is 1. The maximum absolute atomic E-state index is 9.50. The van der Waals surface area contributed by atoms with Crippen LogP contribution in [0.5, 0.6) is 0 Å². The Morgan fingerprint density at radius 1 is 1.24 bits per heavy atom. The zero-order valence-corrected chi connectivity index (χ0v) is 16.3. The highest BCUT2D eigenvalue weighted by Gasteiger charge is 2.09. The standard InChI is InChI=1S/C20H16BrN3S/c1-13-6-7-18(14(2)8-13)23-11-16(10-22)20-24-19(12-25-20)15-4-3-5-17(21)9-15/h3-9,11-12,23H,1-2H3/b16-11+. The number of anilines is 1. The Hall–Kier alpha value is -2.42. The summed E-state index contributed by atoms with van der Waals surface area (Å²) in [5, 5.41) is 15.4. The van der Waals surface area contributed by atoms with Crippen LogP contribution in [0.2, 0.25) is 0 Å². The van der Waals surface area contributed by atoms with Crippen LogP contribution in [-0.2, 0) is 0 Å². The van der Waals surface area contributed by atoms with E-state index in [9.17, 15) is 5.26 Å². The number of halogens is 1. The fourth-order valence-corrected chi connectivity index (χ4v) is 3.64. The molecule has 0 radical (unpaired) electrons. The second kappa shape index (κ2) is 7.64. The van der Waals surface area contributed by atoms with E-state index in [0.29, 0.717) is 10.6 Å². The summed E-state index contributed by atoms with van der Waals surface area (Å²) >= 11 is 4.94. The first kappa shape index (κ1) is 17.4. The molecule has 0 fully saturated rings. The van der Waals surface area contributed by atoms with Gasteiger partial charge < -0.3 is 5.32 Å². The predicted octanol–water partition coefficient (Wildman–Crippen LogP) is 6.17. The van der Waals surface area contributed by atoms with E-state index in [1.807, 2.05) is 48.7 Å². The van der Waals surface area contributed by atoms with E-state index in [4.69, 9.17) is 0 Å².